The fourth-order valence-electron chi connectivity index (χ4n) is 1.33. The largest absolute Gasteiger partial charge is 0.506 e. The Morgan fingerprint density at radius 3 is 2.69 bits per heavy atom. The maximum Gasteiger partial charge on any atom is 0.297 e. The van der Waals surface area contributed by atoms with E-state index < -0.39 is 11.0 Å². The van der Waals surface area contributed by atoms with Crippen molar-refractivity contribution in [3.05, 3.63) is 48.3 Å². The first kappa shape index (κ1) is 11.2. The molecule has 0 unspecified atom stereocenters. The first-order valence-corrected chi connectivity index (χ1v) is 5.42. The van der Waals surface area contributed by atoms with Gasteiger partial charge < -0.3 is 10.1 Å². The highest BCUT2D eigenvalue weighted by atomic mass is 79.9. The Balaban J connectivity index is 3.16. The summed E-state index contributed by atoms with van der Waals surface area (Å²) in [6.45, 7) is 0. The SMILES string of the molecule is O=c1[nH]c2cc(Cl)ccc2c(O)c(Br)c1=O. The van der Waals surface area contributed by atoms with Crippen molar-refractivity contribution in [2.45, 2.75) is 0 Å². The molecular formula is C10H5BrClNO3. The van der Waals surface area contributed by atoms with E-state index in [0.29, 0.717) is 15.9 Å². The lowest BCUT2D eigenvalue weighted by Crippen LogP contribution is -2.23. The van der Waals surface area contributed by atoms with Gasteiger partial charge in [0.25, 0.3) is 11.0 Å². The third kappa shape index (κ3) is 1.72. The van der Waals surface area contributed by atoms with Gasteiger partial charge in [0.05, 0.1) is 5.52 Å². The van der Waals surface area contributed by atoms with Crippen molar-refractivity contribution in [2.75, 3.05) is 0 Å². The fraction of sp³-hybridized carbons (Fsp3) is 0. The van der Waals surface area contributed by atoms with Gasteiger partial charge in [-0.05, 0) is 34.1 Å². The van der Waals surface area contributed by atoms with Gasteiger partial charge in [-0.25, -0.2) is 0 Å². The molecule has 4 nitrogen and oxygen atoms in total. The van der Waals surface area contributed by atoms with Gasteiger partial charge >= 0.3 is 0 Å². The Hall–Kier alpha value is -1.33. The number of aromatic nitrogens is 1. The second-order valence-electron chi connectivity index (χ2n) is 3.14. The second kappa shape index (κ2) is 3.92. The highest BCUT2D eigenvalue weighted by Crippen LogP contribution is 2.28. The maximum absolute atomic E-state index is 11.4. The van der Waals surface area contributed by atoms with Gasteiger partial charge in [-0.3, -0.25) is 9.59 Å². The monoisotopic (exact) mass is 301 g/mol. The number of halogens is 2. The summed E-state index contributed by atoms with van der Waals surface area (Å²) in [5, 5.41) is 10.5. The van der Waals surface area contributed by atoms with Crippen molar-refractivity contribution in [3.8, 4) is 5.75 Å². The van der Waals surface area contributed by atoms with E-state index in [2.05, 4.69) is 20.9 Å². The van der Waals surface area contributed by atoms with E-state index in [9.17, 15) is 14.7 Å². The van der Waals surface area contributed by atoms with Crippen LogP contribution < -0.4 is 11.0 Å². The highest BCUT2D eigenvalue weighted by molar-refractivity contribution is 9.10. The lowest BCUT2D eigenvalue weighted by Gasteiger charge is -1.96. The van der Waals surface area contributed by atoms with Crippen LogP contribution >= 0.6 is 27.5 Å². The van der Waals surface area contributed by atoms with Gasteiger partial charge in [0.1, 0.15) is 10.2 Å². The molecule has 0 saturated heterocycles. The summed E-state index contributed by atoms with van der Waals surface area (Å²) in [5.41, 5.74) is -1.35. The Morgan fingerprint density at radius 2 is 2.00 bits per heavy atom. The third-order valence-corrected chi connectivity index (χ3v) is 3.07. The lowest BCUT2D eigenvalue weighted by molar-refractivity contribution is 0.478. The lowest BCUT2D eigenvalue weighted by atomic mass is 10.2. The summed E-state index contributed by atoms with van der Waals surface area (Å²) in [7, 11) is 0. The molecule has 16 heavy (non-hydrogen) atoms. The van der Waals surface area contributed by atoms with Crippen LogP contribution in [0, 0.1) is 0 Å². The zero-order chi connectivity index (χ0) is 11.9. The number of aromatic hydroxyl groups is 1. The normalized spacial score (nSPS) is 10.6. The molecule has 1 aromatic heterocycles. The first-order valence-electron chi connectivity index (χ1n) is 4.25. The number of H-pyrrole nitrogens is 1. The molecule has 0 fully saturated rings. The summed E-state index contributed by atoms with van der Waals surface area (Å²) in [6.07, 6.45) is 0. The average Bonchev–Trinajstić information content (AvgIpc) is 2.32. The fourth-order valence-corrected chi connectivity index (χ4v) is 1.90. The highest BCUT2D eigenvalue weighted by Gasteiger charge is 2.09. The molecule has 1 aromatic carbocycles. The molecule has 0 aliphatic carbocycles. The van der Waals surface area contributed by atoms with Gasteiger partial charge in [-0.2, -0.15) is 0 Å². The van der Waals surface area contributed by atoms with Gasteiger partial charge in [0.15, 0.2) is 0 Å². The minimum Gasteiger partial charge on any atom is -0.506 e. The molecule has 0 aliphatic heterocycles. The van der Waals surface area contributed by atoms with Crippen LogP contribution in [-0.2, 0) is 0 Å². The van der Waals surface area contributed by atoms with E-state index in [4.69, 9.17) is 11.6 Å². The minimum atomic E-state index is -0.829. The van der Waals surface area contributed by atoms with E-state index >= 15 is 0 Å². The summed E-state index contributed by atoms with van der Waals surface area (Å²) < 4.78 is -0.161. The van der Waals surface area contributed by atoms with Crippen molar-refractivity contribution < 1.29 is 5.11 Å². The van der Waals surface area contributed by atoms with E-state index in [1.165, 1.54) is 12.1 Å². The summed E-state index contributed by atoms with van der Waals surface area (Å²) in [6, 6.07) is 4.54. The molecule has 82 valence electrons. The van der Waals surface area contributed by atoms with Crippen molar-refractivity contribution in [3.63, 3.8) is 0 Å². The first-order chi connectivity index (χ1) is 7.50. The summed E-state index contributed by atoms with van der Waals surface area (Å²) in [5.74, 6) is -0.282. The molecule has 0 radical (unpaired) electrons. The molecule has 1 heterocycles. The number of hydrogen-bond acceptors (Lipinski definition) is 3. The summed E-state index contributed by atoms with van der Waals surface area (Å²) in [4.78, 5) is 25.1. The number of rotatable bonds is 0. The second-order valence-corrected chi connectivity index (χ2v) is 4.37. The molecule has 6 heteroatoms. The number of fused-ring (bicyclic) bond motifs is 1. The Morgan fingerprint density at radius 1 is 1.31 bits per heavy atom. The number of hydrogen-bond donors (Lipinski definition) is 2. The van der Waals surface area contributed by atoms with Crippen molar-refractivity contribution in [1.82, 2.24) is 4.98 Å². The molecule has 0 saturated carbocycles. The van der Waals surface area contributed by atoms with Gasteiger partial charge in [0, 0.05) is 10.4 Å². The van der Waals surface area contributed by atoms with Gasteiger partial charge in [-0.1, -0.05) is 11.6 Å². The topological polar surface area (TPSA) is 70.2 Å². The molecule has 0 aliphatic rings. The zero-order valence-corrected chi connectivity index (χ0v) is 10.1. The van der Waals surface area contributed by atoms with E-state index in [1.807, 2.05) is 0 Å². The Kier molecular flexibility index (Phi) is 2.73. The molecule has 0 atom stereocenters. The predicted molar refractivity (Wildman–Crippen MR) is 65.2 cm³/mol. The van der Waals surface area contributed by atoms with Crippen molar-refractivity contribution in [2.24, 2.45) is 0 Å². The Bertz CT molecular complexity index is 696. The molecule has 0 bridgehead atoms. The molecule has 0 spiro atoms. The van der Waals surface area contributed by atoms with Crippen LogP contribution in [0.2, 0.25) is 5.02 Å². The predicted octanol–water partition coefficient (Wildman–Crippen LogP) is 2.01. The van der Waals surface area contributed by atoms with Crippen molar-refractivity contribution in [1.29, 1.82) is 0 Å². The number of benzene rings is 1. The number of nitrogens with one attached hydrogen (secondary N) is 1. The van der Waals surface area contributed by atoms with E-state index in [0.717, 1.165) is 0 Å². The molecule has 2 aromatic rings. The molecule has 2 N–H and O–H groups in total. The van der Waals surface area contributed by atoms with Gasteiger partial charge in [0.2, 0.25) is 0 Å². The van der Waals surface area contributed by atoms with E-state index in [1.54, 1.807) is 6.07 Å². The third-order valence-electron chi connectivity index (χ3n) is 2.10. The minimum absolute atomic E-state index is 0.161. The Labute approximate surface area is 103 Å². The van der Waals surface area contributed by atoms with Crippen LogP contribution in [0.25, 0.3) is 10.9 Å². The quantitative estimate of drug-likeness (QED) is 0.731. The van der Waals surface area contributed by atoms with Crippen LogP contribution in [0.1, 0.15) is 0 Å². The summed E-state index contributed by atoms with van der Waals surface area (Å²) >= 11 is 8.64. The maximum atomic E-state index is 11.4. The number of aromatic amines is 1. The van der Waals surface area contributed by atoms with E-state index in [-0.39, 0.29) is 10.2 Å². The van der Waals surface area contributed by atoms with Crippen LogP contribution in [-0.4, -0.2) is 10.1 Å². The molecule has 2 rings (SSSR count). The average molecular weight is 303 g/mol. The van der Waals surface area contributed by atoms with Crippen LogP contribution in [0.5, 0.6) is 5.75 Å². The molecular weight excluding hydrogens is 297 g/mol. The van der Waals surface area contributed by atoms with Crippen LogP contribution in [0.4, 0.5) is 0 Å². The van der Waals surface area contributed by atoms with Crippen LogP contribution in [0.15, 0.2) is 32.3 Å². The smallest absolute Gasteiger partial charge is 0.297 e. The standard InChI is InChI=1S/C10H5BrClNO3/c11-7-8(14)5-2-1-4(12)3-6(5)13-10(16)9(7)15/h1-3,14H,(H,13,15,16). The zero-order valence-electron chi connectivity index (χ0n) is 7.75. The van der Waals surface area contributed by atoms with Crippen LogP contribution in [0.3, 0.4) is 0 Å². The van der Waals surface area contributed by atoms with Gasteiger partial charge in [-0.15, -0.1) is 0 Å². The molecule has 0 amide bonds. The van der Waals surface area contributed by atoms with Crippen molar-refractivity contribution >= 4 is 38.4 Å².